The first-order valence-corrected chi connectivity index (χ1v) is 11.6. The van der Waals surface area contributed by atoms with Crippen molar-refractivity contribution in [3.63, 3.8) is 0 Å². The maximum atomic E-state index is 12.1. The number of aromatic nitrogens is 2. The zero-order valence-corrected chi connectivity index (χ0v) is 19.0. The van der Waals surface area contributed by atoms with Crippen LogP contribution in [0.25, 0.3) is 11.0 Å². The number of hydrogen-bond acceptors (Lipinski definition) is 9. The molecule has 10 heteroatoms. The molecule has 4 aromatic rings. The third-order valence-corrected chi connectivity index (χ3v) is 6.43. The molecule has 0 bridgehead atoms. The predicted octanol–water partition coefficient (Wildman–Crippen LogP) is 5.56. The second-order valence-corrected chi connectivity index (χ2v) is 9.00. The smallest absolute Gasteiger partial charge is 0.411 e. The molecular formula is C22H20N4O4S2. The Kier molecular flexibility index (Phi) is 6.72. The maximum absolute atomic E-state index is 12.1. The number of fused-ring (bicyclic) bond motifs is 1. The molecular weight excluding hydrogens is 448 g/mol. The predicted molar refractivity (Wildman–Crippen MR) is 127 cm³/mol. The monoisotopic (exact) mass is 468 g/mol. The lowest BCUT2D eigenvalue weighted by Crippen LogP contribution is -2.13. The number of anilines is 3. The second-order valence-electron chi connectivity index (χ2n) is 6.80. The lowest BCUT2D eigenvalue weighted by molar-refractivity contribution is 0.168. The van der Waals surface area contributed by atoms with E-state index in [1.807, 2.05) is 31.2 Å². The van der Waals surface area contributed by atoms with Gasteiger partial charge in [-0.2, -0.15) is 0 Å². The molecule has 0 spiro atoms. The fourth-order valence-electron chi connectivity index (χ4n) is 2.93. The van der Waals surface area contributed by atoms with Crippen molar-refractivity contribution >= 4 is 56.7 Å². The Morgan fingerprint density at radius 1 is 1.12 bits per heavy atom. The van der Waals surface area contributed by atoms with Crippen molar-refractivity contribution in [2.45, 2.75) is 23.9 Å². The zero-order chi connectivity index (χ0) is 22.5. The van der Waals surface area contributed by atoms with Crippen molar-refractivity contribution in [3.8, 4) is 0 Å². The molecule has 2 aromatic carbocycles. The van der Waals surface area contributed by atoms with Crippen LogP contribution in [-0.2, 0) is 10.5 Å². The molecule has 0 fully saturated rings. The Morgan fingerprint density at radius 3 is 2.69 bits per heavy atom. The van der Waals surface area contributed by atoms with Gasteiger partial charge in [-0.05, 0) is 43.7 Å². The molecule has 0 saturated heterocycles. The van der Waals surface area contributed by atoms with E-state index in [4.69, 9.17) is 9.15 Å². The number of hydrogen-bond donors (Lipinski definition) is 2. The van der Waals surface area contributed by atoms with E-state index in [-0.39, 0.29) is 6.61 Å². The highest BCUT2D eigenvalue weighted by molar-refractivity contribution is 8.00. The molecule has 0 aliphatic heterocycles. The summed E-state index contributed by atoms with van der Waals surface area (Å²) in [6.45, 7) is 4.03. The summed E-state index contributed by atoms with van der Waals surface area (Å²) in [6.07, 6.45) is -0.563. The highest BCUT2D eigenvalue weighted by Gasteiger charge is 2.11. The van der Waals surface area contributed by atoms with E-state index in [9.17, 15) is 9.59 Å². The first-order valence-electron chi connectivity index (χ1n) is 9.80. The van der Waals surface area contributed by atoms with Gasteiger partial charge in [-0.25, -0.2) is 9.59 Å². The third kappa shape index (κ3) is 5.45. The van der Waals surface area contributed by atoms with Gasteiger partial charge in [-0.3, -0.25) is 5.32 Å². The Bertz CT molecular complexity index is 1300. The van der Waals surface area contributed by atoms with Crippen LogP contribution in [0.1, 0.15) is 18.1 Å². The molecule has 8 nitrogen and oxygen atoms in total. The number of rotatable bonds is 7. The number of ether oxygens (including phenoxy) is 1. The van der Waals surface area contributed by atoms with Crippen molar-refractivity contribution in [2.75, 3.05) is 17.2 Å². The number of amides is 1. The average Bonchev–Trinajstić information content (AvgIpc) is 3.21. The fraction of sp³-hybridized carbons (Fsp3) is 0.182. The Morgan fingerprint density at radius 2 is 1.91 bits per heavy atom. The Labute approximate surface area is 192 Å². The van der Waals surface area contributed by atoms with Crippen LogP contribution in [0.5, 0.6) is 0 Å². The largest absolute Gasteiger partial charge is 0.450 e. The van der Waals surface area contributed by atoms with Gasteiger partial charge in [0.2, 0.25) is 5.13 Å². The van der Waals surface area contributed by atoms with E-state index in [1.54, 1.807) is 25.1 Å². The second kappa shape index (κ2) is 9.84. The van der Waals surface area contributed by atoms with Gasteiger partial charge in [0.1, 0.15) is 5.58 Å². The van der Waals surface area contributed by atoms with Crippen LogP contribution >= 0.6 is 23.1 Å². The first-order chi connectivity index (χ1) is 15.5. The Hall–Kier alpha value is -3.37. The van der Waals surface area contributed by atoms with Crippen LogP contribution in [0, 0.1) is 6.92 Å². The van der Waals surface area contributed by atoms with Gasteiger partial charge in [-0.15, -0.1) is 10.2 Å². The number of carbonyl (C=O) groups excluding carboxylic acids is 1. The fourth-order valence-corrected chi connectivity index (χ4v) is 4.69. The molecule has 1 amide bonds. The molecule has 0 saturated carbocycles. The summed E-state index contributed by atoms with van der Waals surface area (Å²) in [4.78, 5) is 23.7. The van der Waals surface area contributed by atoms with Crippen LogP contribution in [0.3, 0.4) is 0 Å². The van der Waals surface area contributed by atoms with Crippen molar-refractivity contribution in [2.24, 2.45) is 0 Å². The number of aryl methyl sites for hydroxylation is 1. The maximum Gasteiger partial charge on any atom is 0.411 e. The Balaban J connectivity index is 1.47. The van der Waals surface area contributed by atoms with Gasteiger partial charge in [0, 0.05) is 34.6 Å². The normalized spacial score (nSPS) is 10.8. The molecule has 0 aliphatic rings. The lowest BCUT2D eigenvalue weighted by Gasteiger charge is -2.08. The molecule has 32 heavy (non-hydrogen) atoms. The topological polar surface area (TPSA) is 106 Å². The summed E-state index contributed by atoms with van der Waals surface area (Å²) in [6, 6.07) is 14.7. The molecule has 4 rings (SSSR count). The lowest BCUT2D eigenvalue weighted by atomic mass is 10.1. The zero-order valence-electron chi connectivity index (χ0n) is 17.4. The quantitative estimate of drug-likeness (QED) is 0.268. The van der Waals surface area contributed by atoms with Gasteiger partial charge < -0.3 is 14.5 Å². The van der Waals surface area contributed by atoms with E-state index in [1.165, 1.54) is 34.7 Å². The average molecular weight is 469 g/mol. The molecule has 2 N–H and O–H groups in total. The van der Waals surface area contributed by atoms with Crippen LogP contribution < -0.4 is 16.3 Å². The molecule has 0 radical (unpaired) electrons. The van der Waals surface area contributed by atoms with Gasteiger partial charge in [0.05, 0.1) is 6.61 Å². The highest BCUT2D eigenvalue weighted by atomic mass is 32.2. The van der Waals surface area contributed by atoms with Gasteiger partial charge in [-0.1, -0.05) is 40.8 Å². The summed E-state index contributed by atoms with van der Waals surface area (Å²) >= 11 is 2.93. The number of nitrogens with one attached hydrogen (secondary N) is 2. The molecule has 0 atom stereocenters. The minimum Gasteiger partial charge on any atom is -0.450 e. The summed E-state index contributed by atoms with van der Waals surface area (Å²) in [7, 11) is 0. The van der Waals surface area contributed by atoms with Gasteiger partial charge in [0.15, 0.2) is 4.34 Å². The summed E-state index contributed by atoms with van der Waals surface area (Å²) in [5.41, 5.74) is 3.36. The van der Waals surface area contributed by atoms with Crippen molar-refractivity contribution in [1.82, 2.24) is 10.2 Å². The molecule has 2 aromatic heterocycles. The van der Waals surface area contributed by atoms with Crippen molar-refractivity contribution in [1.29, 1.82) is 0 Å². The number of thioether (sulfide) groups is 1. The van der Waals surface area contributed by atoms with Crippen LogP contribution in [0.4, 0.5) is 21.3 Å². The van der Waals surface area contributed by atoms with Gasteiger partial charge in [0.25, 0.3) is 0 Å². The molecule has 0 aliphatic carbocycles. The van der Waals surface area contributed by atoms with E-state index in [2.05, 4.69) is 20.8 Å². The minimum absolute atomic E-state index is 0.268. The summed E-state index contributed by atoms with van der Waals surface area (Å²) in [5.74, 6) is 0.520. The van der Waals surface area contributed by atoms with Crippen molar-refractivity contribution in [3.05, 3.63) is 70.1 Å². The molecule has 0 unspecified atom stereocenters. The minimum atomic E-state index is -0.563. The molecule has 164 valence electrons. The third-order valence-electron chi connectivity index (χ3n) is 4.41. The summed E-state index contributed by atoms with van der Waals surface area (Å²) < 4.78 is 11.0. The van der Waals surface area contributed by atoms with E-state index in [0.717, 1.165) is 21.0 Å². The number of carbonyl (C=O) groups is 1. The van der Waals surface area contributed by atoms with E-state index in [0.29, 0.717) is 22.2 Å². The van der Waals surface area contributed by atoms with Crippen LogP contribution in [0.15, 0.2) is 62.1 Å². The number of benzene rings is 2. The summed E-state index contributed by atoms with van der Waals surface area (Å²) in [5, 5.41) is 15.7. The first kappa shape index (κ1) is 21.8. The van der Waals surface area contributed by atoms with Crippen LogP contribution in [-0.4, -0.2) is 22.9 Å². The highest BCUT2D eigenvalue weighted by Crippen LogP contribution is 2.32. The SMILES string of the molecule is CCOC(=O)Nc1ccc2c(CSc3nnc(Nc4ccc(C)cc4)s3)cc(=O)oc2c1. The van der Waals surface area contributed by atoms with Crippen LogP contribution in [0.2, 0.25) is 0 Å². The van der Waals surface area contributed by atoms with E-state index < -0.39 is 11.7 Å². The van der Waals surface area contributed by atoms with Crippen molar-refractivity contribution < 1.29 is 13.9 Å². The molecule has 2 heterocycles. The van der Waals surface area contributed by atoms with Gasteiger partial charge >= 0.3 is 11.7 Å². The standard InChI is InChI=1S/C22H20N4O4S2/c1-3-29-21(28)24-16-8-9-17-14(10-19(27)30-18(17)11-16)12-31-22-26-25-20(32-22)23-15-6-4-13(2)5-7-15/h4-11H,3,12H2,1-2H3,(H,23,25)(H,24,28). The van der Waals surface area contributed by atoms with E-state index >= 15 is 0 Å². The number of nitrogens with zero attached hydrogens (tertiary/aromatic N) is 2.